The van der Waals surface area contributed by atoms with E-state index in [1.807, 2.05) is 30.3 Å². The lowest BCUT2D eigenvalue weighted by Gasteiger charge is -2.13. The summed E-state index contributed by atoms with van der Waals surface area (Å²) >= 11 is 0. The Morgan fingerprint density at radius 2 is 1.81 bits per heavy atom. The lowest BCUT2D eigenvalue weighted by atomic mass is 10.2. The molecule has 1 heterocycles. The van der Waals surface area contributed by atoms with Crippen LogP contribution in [0, 0.1) is 11.3 Å². The summed E-state index contributed by atoms with van der Waals surface area (Å²) in [4.78, 5) is 0. The molecule has 3 rings (SSSR count). The first-order valence-electron chi connectivity index (χ1n) is 7.11. The fraction of sp³-hybridized carbons (Fsp3) is 0.312. The molecule has 1 aliphatic carbocycles. The Labute approximate surface area is 123 Å². The lowest BCUT2D eigenvalue weighted by Crippen LogP contribution is -2.10. The first kappa shape index (κ1) is 13.4. The Balaban J connectivity index is 1.62. The zero-order valence-corrected chi connectivity index (χ0v) is 11.6. The van der Waals surface area contributed by atoms with Gasteiger partial charge in [0.2, 0.25) is 0 Å². The van der Waals surface area contributed by atoms with Crippen LogP contribution in [0.5, 0.6) is 5.75 Å². The van der Waals surface area contributed by atoms with Crippen LogP contribution in [-0.4, -0.2) is 16.3 Å². The van der Waals surface area contributed by atoms with Crippen LogP contribution in [0.3, 0.4) is 0 Å². The molecule has 1 aromatic carbocycles. The van der Waals surface area contributed by atoms with E-state index in [-0.39, 0.29) is 0 Å². The molecule has 0 bridgehead atoms. The molecule has 0 unspecified atom stereocenters. The summed E-state index contributed by atoms with van der Waals surface area (Å²) in [5.74, 6) is 1.51. The Bertz CT molecular complexity index is 625. The number of ether oxygens (including phenoxy) is 1. The highest BCUT2D eigenvalue weighted by Crippen LogP contribution is 2.25. The van der Waals surface area contributed by atoms with Crippen LogP contribution in [-0.2, 0) is 0 Å². The molecule has 5 heteroatoms. The lowest BCUT2D eigenvalue weighted by molar-refractivity contribution is 0.210. The van der Waals surface area contributed by atoms with Gasteiger partial charge in [-0.2, -0.15) is 5.26 Å². The van der Waals surface area contributed by atoms with E-state index in [4.69, 9.17) is 10.00 Å². The molecule has 1 saturated carbocycles. The summed E-state index contributed by atoms with van der Waals surface area (Å²) in [5.41, 5.74) is 1.22. The second-order valence-electron chi connectivity index (χ2n) is 5.09. The molecule has 0 amide bonds. The van der Waals surface area contributed by atoms with Gasteiger partial charge in [0.15, 0.2) is 11.5 Å². The summed E-state index contributed by atoms with van der Waals surface area (Å²) in [6.07, 6.45) is 5.21. The molecular weight excluding hydrogens is 264 g/mol. The minimum absolute atomic E-state index is 0.306. The van der Waals surface area contributed by atoms with E-state index < -0.39 is 0 Å². The first-order valence-corrected chi connectivity index (χ1v) is 7.11. The Hall–Kier alpha value is -2.61. The highest BCUT2D eigenvalue weighted by molar-refractivity contribution is 5.56. The second-order valence-corrected chi connectivity index (χ2v) is 5.09. The average molecular weight is 280 g/mol. The third-order valence-electron chi connectivity index (χ3n) is 3.51. The van der Waals surface area contributed by atoms with Gasteiger partial charge >= 0.3 is 0 Å². The molecule has 21 heavy (non-hydrogen) atoms. The van der Waals surface area contributed by atoms with Crippen molar-refractivity contribution in [3.8, 4) is 11.8 Å². The van der Waals surface area contributed by atoms with E-state index in [2.05, 4.69) is 15.5 Å². The minimum Gasteiger partial charge on any atom is -0.490 e. The molecule has 5 nitrogen and oxygen atoms in total. The van der Waals surface area contributed by atoms with Gasteiger partial charge in [-0.1, -0.05) is 0 Å². The van der Waals surface area contributed by atoms with Gasteiger partial charge in [-0.3, -0.25) is 0 Å². The number of hydrogen-bond acceptors (Lipinski definition) is 5. The Morgan fingerprint density at radius 1 is 1.05 bits per heavy atom. The molecule has 0 atom stereocenters. The van der Waals surface area contributed by atoms with Gasteiger partial charge in [0.25, 0.3) is 0 Å². The van der Waals surface area contributed by atoms with Crippen LogP contribution in [0.25, 0.3) is 0 Å². The van der Waals surface area contributed by atoms with Gasteiger partial charge in [0.05, 0.1) is 6.10 Å². The van der Waals surface area contributed by atoms with Gasteiger partial charge in [-0.25, -0.2) is 0 Å². The molecular formula is C16H16N4O. The quantitative estimate of drug-likeness (QED) is 0.929. The average Bonchev–Trinajstić information content (AvgIpc) is 3.03. The van der Waals surface area contributed by atoms with Gasteiger partial charge in [-0.15, -0.1) is 10.2 Å². The molecule has 1 aromatic heterocycles. The minimum atomic E-state index is 0.306. The van der Waals surface area contributed by atoms with Crippen LogP contribution < -0.4 is 10.1 Å². The fourth-order valence-corrected chi connectivity index (χ4v) is 2.42. The zero-order valence-electron chi connectivity index (χ0n) is 11.6. The summed E-state index contributed by atoms with van der Waals surface area (Å²) in [6, 6.07) is 13.1. The summed E-state index contributed by atoms with van der Waals surface area (Å²) in [6.45, 7) is 0. The van der Waals surface area contributed by atoms with Crippen molar-refractivity contribution >= 4 is 11.5 Å². The molecule has 0 aliphatic heterocycles. The number of nitriles is 1. The van der Waals surface area contributed by atoms with Crippen LogP contribution >= 0.6 is 0 Å². The van der Waals surface area contributed by atoms with Crippen molar-refractivity contribution in [2.75, 3.05) is 5.32 Å². The van der Waals surface area contributed by atoms with Crippen molar-refractivity contribution in [2.24, 2.45) is 0 Å². The van der Waals surface area contributed by atoms with Crippen LogP contribution in [0.15, 0.2) is 36.4 Å². The SMILES string of the molecule is N#Cc1ccc(Nc2ccc(OC3CCCC3)cc2)nn1. The molecule has 0 saturated heterocycles. The topological polar surface area (TPSA) is 70.8 Å². The van der Waals surface area contributed by atoms with Gasteiger partial charge in [0, 0.05) is 5.69 Å². The van der Waals surface area contributed by atoms with E-state index in [1.165, 1.54) is 12.8 Å². The van der Waals surface area contributed by atoms with Crippen molar-refractivity contribution < 1.29 is 4.74 Å². The monoisotopic (exact) mass is 280 g/mol. The number of nitrogens with one attached hydrogen (secondary N) is 1. The summed E-state index contributed by atoms with van der Waals surface area (Å²) in [7, 11) is 0. The molecule has 0 radical (unpaired) electrons. The van der Waals surface area contributed by atoms with E-state index in [1.54, 1.807) is 12.1 Å². The highest BCUT2D eigenvalue weighted by atomic mass is 16.5. The maximum Gasteiger partial charge on any atom is 0.163 e. The van der Waals surface area contributed by atoms with Gasteiger partial charge < -0.3 is 10.1 Å². The number of rotatable bonds is 4. The molecule has 1 aliphatic rings. The van der Waals surface area contributed by atoms with Crippen molar-refractivity contribution in [2.45, 2.75) is 31.8 Å². The second kappa shape index (κ2) is 6.23. The summed E-state index contributed by atoms with van der Waals surface area (Å²) < 4.78 is 5.92. The Morgan fingerprint density at radius 3 is 2.43 bits per heavy atom. The molecule has 0 spiro atoms. The first-order chi connectivity index (χ1) is 10.3. The predicted octanol–water partition coefficient (Wildman–Crippen LogP) is 3.41. The van der Waals surface area contributed by atoms with Crippen molar-refractivity contribution in [1.82, 2.24) is 10.2 Å². The third kappa shape index (κ3) is 3.48. The molecule has 106 valence electrons. The molecule has 2 aromatic rings. The van der Waals surface area contributed by atoms with Crippen LogP contribution in [0.1, 0.15) is 31.4 Å². The highest BCUT2D eigenvalue weighted by Gasteiger charge is 2.16. The number of anilines is 2. The molecule has 1 N–H and O–H groups in total. The van der Waals surface area contributed by atoms with Crippen LogP contribution in [0.2, 0.25) is 0 Å². The van der Waals surface area contributed by atoms with Gasteiger partial charge in [0.1, 0.15) is 11.8 Å². The van der Waals surface area contributed by atoms with Gasteiger partial charge in [-0.05, 0) is 62.1 Å². The number of benzene rings is 1. The number of aromatic nitrogens is 2. The predicted molar refractivity (Wildman–Crippen MR) is 79.4 cm³/mol. The fourth-order valence-electron chi connectivity index (χ4n) is 2.42. The van der Waals surface area contributed by atoms with E-state index in [9.17, 15) is 0 Å². The largest absolute Gasteiger partial charge is 0.490 e. The zero-order chi connectivity index (χ0) is 14.5. The van der Waals surface area contributed by atoms with E-state index in [0.29, 0.717) is 17.6 Å². The third-order valence-corrected chi connectivity index (χ3v) is 3.51. The standard InChI is InChI=1S/C16H16N4O/c17-11-13-7-10-16(20-19-13)18-12-5-8-15(9-6-12)21-14-3-1-2-4-14/h5-10,14H,1-4H2,(H,18,20). The smallest absolute Gasteiger partial charge is 0.163 e. The maximum absolute atomic E-state index is 8.68. The summed E-state index contributed by atoms with van der Waals surface area (Å²) in [5, 5.41) is 19.5. The number of hydrogen-bond donors (Lipinski definition) is 1. The van der Waals surface area contributed by atoms with Crippen molar-refractivity contribution in [3.05, 3.63) is 42.1 Å². The van der Waals surface area contributed by atoms with E-state index >= 15 is 0 Å². The Kier molecular flexibility index (Phi) is 3.97. The van der Waals surface area contributed by atoms with E-state index in [0.717, 1.165) is 24.3 Å². The normalized spacial score (nSPS) is 14.6. The van der Waals surface area contributed by atoms with Crippen molar-refractivity contribution in [1.29, 1.82) is 5.26 Å². The van der Waals surface area contributed by atoms with Crippen LogP contribution in [0.4, 0.5) is 11.5 Å². The number of nitrogens with zero attached hydrogens (tertiary/aromatic N) is 3. The van der Waals surface area contributed by atoms with Crippen molar-refractivity contribution in [3.63, 3.8) is 0 Å². The molecule has 1 fully saturated rings. The maximum atomic E-state index is 8.68.